The van der Waals surface area contributed by atoms with Crippen LogP contribution in [-0.2, 0) is 11.4 Å². The van der Waals surface area contributed by atoms with Gasteiger partial charge in [-0.05, 0) is 49.0 Å². The monoisotopic (exact) mass is 434 g/mol. The highest BCUT2D eigenvalue weighted by Gasteiger charge is 2.24. The smallest absolute Gasteiger partial charge is 0.264 e. The molecule has 4 nitrogen and oxygen atoms in total. The van der Waals surface area contributed by atoms with Crippen LogP contribution in [0.4, 0.5) is 5.69 Å². The maximum absolute atomic E-state index is 12.4. The van der Waals surface area contributed by atoms with Crippen molar-refractivity contribution in [1.29, 1.82) is 0 Å². The molecule has 1 heterocycles. The molecule has 3 aromatic rings. The quantitative estimate of drug-likeness (QED) is 0.492. The van der Waals surface area contributed by atoms with Gasteiger partial charge in [0.1, 0.15) is 12.4 Å². The summed E-state index contributed by atoms with van der Waals surface area (Å²) in [5.74, 6) is 0.508. The van der Waals surface area contributed by atoms with E-state index in [0.717, 1.165) is 22.4 Å². The molecule has 4 rings (SSSR count). The van der Waals surface area contributed by atoms with Gasteiger partial charge in [0.15, 0.2) is 5.17 Å². The Morgan fingerprint density at radius 3 is 2.57 bits per heavy atom. The topological polar surface area (TPSA) is 50.7 Å². The number of hydrogen-bond donors (Lipinski definition) is 1. The number of carbonyl (C=O) groups is 1. The molecule has 1 amide bonds. The highest BCUT2D eigenvalue weighted by Crippen LogP contribution is 2.31. The number of amides is 1. The number of aliphatic imine (C=N–C) groups is 1. The van der Waals surface area contributed by atoms with E-state index in [1.807, 2.05) is 85.8 Å². The van der Waals surface area contributed by atoms with Crippen LogP contribution in [0, 0.1) is 6.92 Å². The number of thioether (sulfide) groups is 1. The molecular formula is C24H19ClN2O2S. The molecule has 30 heavy (non-hydrogen) atoms. The number of halogens is 1. The van der Waals surface area contributed by atoms with Gasteiger partial charge in [-0.2, -0.15) is 0 Å². The molecule has 0 saturated carbocycles. The first kappa shape index (κ1) is 20.3. The first-order valence-electron chi connectivity index (χ1n) is 9.40. The lowest BCUT2D eigenvalue weighted by Crippen LogP contribution is -2.19. The molecule has 6 heteroatoms. The van der Waals surface area contributed by atoms with Gasteiger partial charge >= 0.3 is 0 Å². The highest BCUT2D eigenvalue weighted by atomic mass is 35.5. The summed E-state index contributed by atoms with van der Waals surface area (Å²) in [5.41, 5.74) is 3.69. The van der Waals surface area contributed by atoms with Gasteiger partial charge < -0.3 is 10.1 Å². The Balaban J connectivity index is 1.52. The maximum Gasteiger partial charge on any atom is 0.264 e. The summed E-state index contributed by atoms with van der Waals surface area (Å²) in [6, 6.07) is 23.0. The Morgan fingerprint density at radius 1 is 1.03 bits per heavy atom. The van der Waals surface area contributed by atoms with Crippen LogP contribution in [0.15, 0.2) is 82.7 Å². The van der Waals surface area contributed by atoms with Crippen molar-refractivity contribution in [2.45, 2.75) is 13.5 Å². The van der Waals surface area contributed by atoms with Gasteiger partial charge in [-0.3, -0.25) is 4.79 Å². The lowest BCUT2D eigenvalue weighted by Gasteiger charge is -2.10. The van der Waals surface area contributed by atoms with Crippen molar-refractivity contribution in [3.8, 4) is 5.75 Å². The molecule has 1 N–H and O–H groups in total. The second-order valence-corrected chi connectivity index (χ2v) is 8.17. The predicted molar refractivity (Wildman–Crippen MR) is 124 cm³/mol. The van der Waals surface area contributed by atoms with Crippen LogP contribution in [0.25, 0.3) is 6.08 Å². The summed E-state index contributed by atoms with van der Waals surface area (Å²) < 4.78 is 5.98. The normalized spacial score (nSPS) is 16.1. The van der Waals surface area contributed by atoms with Gasteiger partial charge in [0.05, 0.1) is 10.6 Å². The zero-order valence-electron chi connectivity index (χ0n) is 16.3. The van der Waals surface area contributed by atoms with E-state index in [0.29, 0.717) is 27.5 Å². The Bertz CT molecular complexity index is 1140. The number of carbonyl (C=O) groups excluding carboxylic acids is 1. The maximum atomic E-state index is 12.4. The Hall–Kier alpha value is -3.02. The van der Waals surface area contributed by atoms with Crippen LogP contribution < -0.4 is 10.1 Å². The number of nitrogens with zero attached hydrogens (tertiary/aromatic N) is 1. The minimum Gasteiger partial charge on any atom is -0.488 e. The first-order valence-corrected chi connectivity index (χ1v) is 10.6. The largest absolute Gasteiger partial charge is 0.488 e. The Kier molecular flexibility index (Phi) is 6.21. The van der Waals surface area contributed by atoms with Crippen LogP contribution in [0.1, 0.15) is 16.7 Å². The lowest BCUT2D eigenvalue weighted by atomic mass is 10.2. The fraction of sp³-hybridized carbons (Fsp3) is 0.0833. The summed E-state index contributed by atoms with van der Waals surface area (Å²) in [7, 11) is 0. The van der Waals surface area contributed by atoms with Crippen molar-refractivity contribution >= 4 is 46.2 Å². The lowest BCUT2D eigenvalue weighted by molar-refractivity contribution is -0.115. The minimum absolute atomic E-state index is 0.174. The summed E-state index contributed by atoms with van der Waals surface area (Å²) in [4.78, 5) is 17.5. The number of aryl methyl sites for hydroxylation is 1. The fourth-order valence-corrected chi connectivity index (χ4v) is 3.88. The molecule has 1 aliphatic heterocycles. The number of rotatable bonds is 5. The SMILES string of the molecule is Cc1ccc(N=C2NC(=O)/C(=C/c3ccccc3OCc3ccccc3Cl)S2)cc1. The predicted octanol–water partition coefficient (Wildman–Crippen LogP) is 6.12. The van der Waals surface area contributed by atoms with Gasteiger partial charge in [0.25, 0.3) is 5.91 Å². The molecule has 150 valence electrons. The average Bonchev–Trinajstić information content (AvgIpc) is 3.09. The summed E-state index contributed by atoms with van der Waals surface area (Å²) >= 11 is 7.53. The van der Waals surface area contributed by atoms with E-state index in [1.54, 1.807) is 0 Å². The van der Waals surface area contributed by atoms with E-state index in [9.17, 15) is 4.79 Å². The molecule has 0 bridgehead atoms. The highest BCUT2D eigenvalue weighted by molar-refractivity contribution is 8.18. The van der Waals surface area contributed by atoms with Crippen LogP contribution in [0.2, 0.25) is 5.02 Å². The minimum atomic E-state index is -0.174. The molecule has 0 unspecified atom stereocenters. The fourth-order valence-electron chi connectivity index (χ4n) is 2.86. The van der Waals surface area contributed by atoms with E-state index >= 15 is 0 Å². The average molecular weight is 435 g/mol. The van der Waals surface area contributed by atoms with Gasteiger partial charge in [0.2, 0.25) is 0 Å². The second-order valence-electron chi connectivity index (χ2n) is 6.74. The van der Waals surface area contributed by atoms with Gasteiger partial charge in [-0.1, -0.05) is 65.7 Å². The van der Waals surface area contributed by atoms with Crippen LogP contribution in [0.3, 0.4) is 0 Å². The van der Waals surface area contributed by atoms with Crippen molar-refractivity contribution in [3.63, 3.8) is 0 Å². The molecule has 3 aromatic carbocycles. The van der Waals surface area contributed by atoms with E-state index in [4.69, 9.17) is 16.3 Å². The molecular weight excluding hydrogens is 416 g/mol. The molecule has 0 radical (unpaired) electrons. The molecule has 0 atom stereocenters. The number of para-hydroxylation sites is 1. The van der Waals surface area contributed by atoms with Crippen LogP contribution in [-0.4, -0.2) is 11.1 Å². The van der Waals surface area contributed by atoms with Crippen LogP contribution >= 0.6 is 23.4 Å². The standard InChI is InChI=1S/C24H19ClN2O2S/c1-16-10-12-19(13-11-16)26-24-27-23(28)22(30-24)14-17-6-3-5-9-21(17)29-15-18-7-2-4-8-20(18)25/h2-14H,15H2,1H3,(H,26,27,28)/b22-14-. The van der Waals surface area contributed by atoms with E-state index < -0.39 is 0 Å². The Morgan fingerprint density at radius 2 is 1.77 bits per heavy atom. The van der Waals surface area contributed by atoms with Crippen molar-refractivity contribution < 1.29 is 9.53 Å². The zero-order chi connectivity index (χ0) is 20.9. The summed E-state index contributed by atoms with van der Waals surface area (Å²) in [6.07, 6.45) is 1.82. The zero-order valence-corrected chi connectivity index (χ0v) is 17.8. The second kappa shape index (κ2) is 9.20. The molecule has 0 spiro atoms. The number of ether oxygens (including phenoxy) is 1. The molecule has 1 fully saturated rings. The number of hydrogen-bond acceptors (Lipinski definition) is 4. The molecule has 0 aromatic heterocycles. The van der Waals surface area contributed by atoms with Gasteiger partial charge in [0, 0.05) is 16.1 Å². The van der Waals surface area contributed by atoms with Crippen molar-refractivity contribution in [2.24, 2.45) is 4.99 Å². The van der Waals surface area contributed by atoms with Crippen LogP contribution in [0.5, 0.6) is 5.75 Å². The number of amidine groups is 1. The third-order valence-corrected chi connectivity index (χ3v) is 5.74. The van der Waals surface area contributed by atoms with Gasteiger partial charge in [-0.15, -0.1) is 0 Å². The van der Waals surface area contributed by atoms with Crippen molar-refractivity contribution in [1.82, 2.24) is 5.32 Å². The number of benzene rings is 3. The molecule has 1 aliphatic rings. The van der Waals surface area contributed by atoms with E-state index in [2.05, 4.69) is 10.3 Å². The van der Waals surface area contributed by atoms with E-state index in [-0.39, 0.29) is 5.91 Å². The summed E-state index contributed by atoms with van der Waals surface area (Å²) in [5, 5.41) is 4.04. The molecule has 0 aliphatic carbocycles. The molecule has 1 saturated heterocycles. The third-order valence-electron chi connectivity index (χ3n) is 4.46. The van der Waals surface area contributed by atoms with E-state index in [1.165, 1.54) is 11.8 Å². The van der Waals surface area contributed by atoms with Gasteiger partial charge in [-0.25, -0.2) is 4.99 Å². The van der Waals surface area contributed by atoms with Crippen molar-refractivity contribution in [2.75, 3.05) is 0 Å². The third kappa shape index (κ3) is 4.93. The van der Waals surface area contributed by atoms with Crippen molar-refractivity contribution in [3.05, 3.63) is 99.4 Å². The number of nitrogens with one attached hydrogen (secondary N) is 1. The summed E-state index contributed by atoms with van der Waals surface area (Å²) in [6.45, 7) is 2.37. The first-order chi connectivity index (χ1) is 14.6. The Labute approximate surface area is 184 Å².